The standard InChI is InChI=1S/C25H22N4OS/c1-18-11-13-20(14-12-18)17-31-25-27-26-24-28(16-15-19-7-3-2-4-8-19)23(30)21-9-5-6-10-22(21)29(24)25/h2-14H,15-17H2,1H3. The summed E-state index contributed by atoms with van der Waals surface area (Å²) in [7, 11) is 0. The van der Waals surface area contributed by atoms with Crippen LogP contribution in [0.1, 0.15) is 16.7 Å². The third kappa shape index (κ3) is 3.86. The molecule has 0 saturated carbocycles. The fraction of sp³-hybridized carbons (Fsp3) is 0.160. The molecule has 31 heavy (non-hydrogen) atoms. The first-order valence-corrected chi connectivity index (χ1v) is 11.3. The van der Waals surface area contributed by atoms with Crippen molar-refractivity contribution >= 4 is 28.4 Å². The van der Waals surface area contributed by atoms with Gasteiger partial charge in [0.15, 0.2) is 5.16 Å². The van der Waals surface area contributed by atoms with Crippen LogP contribution in [0.15, 0.2) is 88.8 Å². The molecule has 0 aliphatic carbocycles. The van der Waals surface area contributed by atoms with E-state index in [1.54, 1.807) is 16.3 Å². The van der Waals surface area contributed by atoms with Crippen LogP contribution in [-0.2, 0) is 18.7 Å². The summed E-state index contributed by atoms with van der Waals surface area (Å²) in [6.45, 7) is 2.64. The van der Waals surface area contributed by atoms with Crippen LogP contribution < -0.4 is 5.56 Å². The van der Waals surface area contributed by atoms with Crippen molar-refractivity contribution in [2.24, 2.45) is 0 Å². The number of aryl methyl sites for hydroxylation is 3. The van der Waals surface area contributed by atoms with E-state index < -0.39 is 0 Å². The van der Waals surface area contributed by atoms with Gasteiger partial charge in [0.1, 0.15) is 0 Å². The van der Waals surface area contributed by atoms with Gasteiger partial charge in [0, 0.05) is 12.3 Å². The Hall–Kier alpha value is -3.38. The molecule has 6 heteroatoms. The molecular weight excluding hydrogens is 404 g/mol. The molecule has 0 unspecified atom stereocenters. The Morgan fingerprint density at radius 2 is 1.58 bits per heavy atom. The normalized spacial score (nSPS) is 11.4. The zero-order valence-electron chi connectivity index (χ0n) is 17.2. The highest BCUT2D eigenvalue weighted by Crippen LogP contribution is 2.25. The SMILES string of the molecule is Cc1ccc(CSc2nnc3n(CCc4ccccc4)c(=O)c4ccccc4n23)cc1. The van der Waals surface area contributed by atoms with Crippen molar-refractivity contribution < 1.29 is 0 Å². The van der Waals surface area contributed by atoms with E-state index in [0.717, 1.165) is 22.8 Å². The second-order valence-electron chi connectivity index (χ2n) is 7.60. The summed E-state index contributed by atoms with van der Waals surface area (Å²) in [4.78, 5) is 13.3. The minimum Gasteiger partial charge on any atom is -0.276 e. The van der Waals surface area contributed by atoms with E-state index in [2.05, 4.69) is 53.5 Å². The van der Waals surface area contributed by atoms with Crippen LogP contribution in [0.5, 0.6) is 0 Å². The number of aromatic nitrogens is 4. The summed E-state index contributed by atoms with van der Waals surface area (Å²) in [6, 6.07) is 26.4. The number of fused-ring (bicyclic) bond motifs is 3. The van der Waals surface area contributed by atoms with Gasteiger partial charge in [-0.15, -0.1) is 10.2 Å². The summed E-state index contributed by atoms with van der Waals surface area (Å²) >= 11 is 1.63. The van der Waals surface area contributed by atoms with Gasteiger partial charge >= 0.3 is 0 Å². The summed E-state index contributed by atoms with van der Waals surface area (Å²) in [5.41, 5.74) is 4.48. The molecule has 0 aliphatic heterocycles. The quantitative estimate of drug-likeness (QED) is 0.363. The topological polar surface area (TPSA) is 52.2 Å². The first-order chi connectivity index (χ1) is 15.2. The number of benzene rings is 3. The number of rotatable bonds is 6. The molecule has 0 radical (unpaired) electrons. The molecule has 2 aromatic heterocycles. The van der Waals surface area contributed by atoms with Crippen LogP contribution >= 0.6 is 11.8 Å². The Morgan fingerprint density at radius 1 is 0.839 bits per heavy atom. The van der Waals surface area contributed by atoms with Crippen molar-refractivity contribution in [2.75, 3.05) is 0 Å². The average Bonchev–Trinajstić information content (AvgIpc) is 3.23. The Bertz CT molecular complexity index is 1410. The van der Waals surface area contributed by atoms with Gasteiger partial charge in [0.25, 0.3) is 5.56 Å². The molecule has 0 aliphatic rings. The average molecular weight is 427 g/mol. The number of hydrogen-bond acceptors (Lipinski definition) is 4. The highest BCUT2D eigenvalue weighted by Gasteiger charge is 2.16. The zero-order valence-corrected chi connectivity index (χ0v) is 18.0. The third-order valence-corrected chi connectivity index (χ3v) is 6.43. The van der Waals surface area contributed by atoms with E-state index in [1.165, 1.54) is 16.7 Å². The highest BCUT2D eigenvalue weighted by atomic mass is 32.2. The van der Waals surface area contributed by atoms with Crippen molar-refractivity contribution in [2.45, 2.75) is 30.8 Å². The lowest BCUT2D eigenvalue weighted by Crippen LogP contribution is -2.24. The van der Waals surface area contributed by atoms with E-state index in [4.69, 9.17) is 0 Å². The number of hydrogen-bond donors (Lipinski definition) is 0. The van der Waals surface area contributed by atoms with Crippen molar-refractivity contribution in [1.82, 2.24) is 19.2 Å². The molecule has 154 valence electrons. The molecule has 0 amide bonds. The molecule has 2 heterocycles. The molecule has 0 saturated heterocycles. The van der Waals surface area contributed by atoms with Gasteiger partial charge in [0.2, 0.25) is 5.78 Å². The van der Waals surface area contributed by atoms with Gasteiger partial charge in [0.05, 0.1) is 10.9 Å². The van der Waals surface area contributed by atoms with Crippen LogP contribution in [0.4, 0.5) is 0 Å². The van der Waals surface area contributed by atoms with Crippen LogP contribution in [-0.4, -0.2) is 19.2 Å². The van der Waals surface area contributed by atoms with Crippen molar-refractivity contribution in [1.29, 1.82) is 0 Å². The van der Waals surface area contributed by atoms with E-state index in [9.17, 15) is 4.79 Å². The fourth-order valence-corrected chi connectivity index (χ4v) is 4.64. The number of nitrogens with zero attached hydrogens (tertiary/aromatic N) is 4. The smallest absolute Gasteiger partial charge is 0.262 e. The first-order valence-electron chi connectivity index (χ1n) is 10.3. The van der Waals surface area contributed by atoms with Gasteiger partial charge in [-0.3, -0.25) is 13.8 Å². The lowest BCUT2D eigenvalue weighted by molar-refractivity contribution is 0.677. The van der Waals surface area contributed by atoms with Gasteiger partial charge in [-0.2, -0.15) is 0 Å². The molecule has 0 fully saturated rings. The van der Waals surface area contributed by atoms with Gasteiger partial charge in [-0.25, -0.2) is 0 Å². The minimum atomic E-state index is -0.0264. The molecule has 5 aromatic rings. The van der Waals surface area contributed by atoms with Crippen molar-refractivity contribution in [3.8, 4) is 0 Å². The lowest BCUT2D eigenvalue weighted by atomic mass is 10.1. The van der Waals surface area contributed by atoms with Crippen molar-refractivity contribution in [3.63, 3.8) is 0 Å². The van der Waals surface area contributed by atoms with E-state index in [-0.39, 0.29) is 5.56 Å². The molecule has 3 aromatic carbocycles. The lowest BCUT2D eigenvalue weighted by Gasteiger charge is -2.11. The summed E-state index contributed by atoms with van der Waals surface area (Å²) in [5, 5.41) is 10.3. The molecular formula is C25H22N4OS. The Kier molecular flexibility index (Phi) is 5.30. The monoisotopic (exact) mass is 426 g/mol. The van der Waals surface area contributed by atoms with Crippen LogP contribution in [0.3, 0.4) is 0 Å². The molecule has 5 rings (SSSR count). The predicted octanol–water partition coefficient (Wildman–Crippen LogP) is 4.89. The van der Waals surface area contributed by atoms with Crippen molar-refractivity contribution in [3.05, 3.63) is 106 Å². The molecule has 0 bridgehead atoms. The van der Waals surface area contributed by atoms with E-state index in [1.807, 2.05) is 46.9 Å². The zero-order chi connectivity index (χ0) is 21.2. The van der Waals surface area contributed by atoms with Crippen LogP contribution in [0, 0.1) is 6.92 Å². The van der Waals surface area contributed by atoms with E-state index >= 15 is 0 Å². The van der Waals surface area contributed by atoms with Gasteiger partial charge in [-0.05, 0) is 36.6 Å². The second-order valence-corrected chi connectivity index (χ2v) is 8.54. The summed E-state index contributed by atoms with van der Waals surface area (Å²) < 4.78 is 3.76. The Morgan fingerprint density at radius 3 is 2.39 bits per heavy atom. The maximum atomic E-state index is 13.3. The van der Waals surface area contributed by atoms with Gasteiger partial charge in [-0.1, -0.05) is 84.1 Å². The molecule has 0 atom stereocenters. The number of thioether (sulfide) groups is 1. The Balaban J connectivity index is 1.56. The maximum absolute atomic E-state index is 13.3. The molecule has 0 N–H and O–H groups in total. The van der Waals surface area contributed by atoms with E-state index in [0.29, 0.717) is 17.7 Å². The predicted molar refractivity (Wildman–Crippen MR) is 126 cm³/mol. The van der Waals surface area contributed by atoms with Gasteiger partial charge < -0.3 is 0 Å². The van der Waals surface area contributed by atoms with Crippen LogP contribution in [0.2, 0.25) is 0 Å². The number of para-hydroxylation sites is 1. The van der Waals surface area contributed by atoms with Crippen LogP contribution in [0.25, 0.3) is 16.7 Å². The maximum Gasteiger partial charge on any atom is 0.262 e. The summed E-state index contributed by atoms with van der Waals surface area (Å²) in [6.07, 6.45) is 0.757. The highest BCUT2D eigenvalue weighted by molar-refractivity contribution is 7.98. The third-order valence-electron chi connectivity index (χ3n) is 5.43. The minimum absolute atomic E-state index is 0.0264. The Labute approximate surface area is 184 Å². The second kappa shape index (κ2) is 8.40. The first kappa shape index (κ1) is 19.6. The fourth-order valence-electron chi connectivity index (χ4n) is 3.75. The molecule has 5 nitrogen and oxygen atoms in total. The largest absolute Gasteiger partial charge is 0.276 e. The summed E-state index contributed by atoms with van der Waals surface area (Å²) in [5.74, 6) is 1.38. The molecule has 0 spiro atoms.